The maximum Gasteiger partial charge on any atom is 0.338 e. The number of fused-ring (bicyclic) bond motifs is 1. The molecule has 0 aromatic heterocycles. The Bertz CT molecular complexity index is 1390. The number of nitrogens with two attached hydrogens (primary N) is 1. The van der Waals surface area contributed by atoms with Crippen LogP contribution in [0.15, 0.2) is 39.9 Å². The highest BCUT2D eigenvalue weighted by atomic mass is 32.2. The zero-order valence-corrected chi connectivity index (χ0v) is 24.2. The lowest BCUT2D eigenvalue weighted by atomic mass is 9.82. The van der Waals surface area contributed by atoms with E-state index in [1.54, 1.807) is 26.1 Å². The number of allylic oxidation sites excluding steroid dienone is 1. The number of nitrogens with zero attached hydrogens (tertiary/aromatic N) is 4. The first kappa shape index (κ1) is 29.4. The Balaban J connectivity index is 1.75. The third-order valence-electron chi connectivity index (χ3n) is 6.76. The second-order valence-electron chi connectivity index (χ2n) is 8.99. The third kappa shape index (κ3) is 5.18. The van der Waals surface area contributed by atoms with Gasteiger partial charge in [0.25, 0.3) is 5.91 Å². The molecule has 0 unspecified atom stereocenters. The van der Waals surface area contributed by atoms with E-state index in [0.717, 1.165) is 16.7 Å². The van der Waals surface area contributed by atoms with Crippen LogP contribution in [0.4, 0.5) is 4.79 Å². The molecule has 0 saturated carbocycles. The fourth-order valence-corrected chi connectivity index (χ4v) is 5.64. The van der Waals surface area contributed by atoms with Crippen LogP contribution in [0, 0.1) is 11.3 Å². The number of nitriles is 1. The highest BCUT2D eigenvalue weighted by molar-refractivity contribution is 8.14. The molecule has 0 aliphatic carbocycles. The topological polar surface area (TPSA) is 178 Å². The molecule has 1 aromatic carbocycles. The molecule has 1 aromatic rings. The van der Waals surface area contributed by atoms with Crippen molar-refractivity contribution in [1.82, 2.24) is 15.1 Å². The second kappa shape index (κ2) is 11.9. The first-order valence-electron chi connectivity index (χ1n) is 12.4. The maximum absolute atomic E-state index is 13.4. The summed E-state index contributed by atoms with van der Waals surface area (Å²) in [6.45, 7) is 1.73. The first-order chi connectivity index (χ1) is 19.6. The predicted octanol–water partition coefficient (Wildman–Crippen LogP) is 1.25. The van der Waals surface area contributed by atoms with Crippen molar-refractivity contribution in [1.29, 1.82) is 5.26 Å². The Labute approximate surface area is 240 Å². The number of thioether (sulfide) groups is 1. The molecule has 15 heteroatoms. The van der Waals surface area contributed by atoms with Crippen LogP contribution in [0.25, 0.3) is 0 Å². The summed E-state index contributed by atoms with van der Waals surface area (Å²) in [4.78, 5) is 45.3. The number of hydrogen-bond donors (Lipinski definition) is 2. The average Bonchev–Trinajstić information content (AvgIpc) is 3.41. The van der Waals surface area contributed by atoms with E-state index in [4.69, 9.17) is 29.4 Å². The Morgan fingerprint density at radius 2 is 1.85 bits per heavy atom. The van der Waals surface area contributed by atoms with Gasteiger partial charge in [0.2, 0.25) is 11.6 Å². The van der Waals surface area contributed by atoms with Gasteiger partial charge in [0.15, 0.2) is 22.8 Å². The van der Waals surface area contributed by atoms with Crippen LogP contribution < -0.4 is 25.3 Å². The van der Waals surface area contributed by atoms with Gasteiger partial charge in [0.05, 0.1) is 45.2 Å². The van der Waals surface area contributed by atoms with Crippen LogP contribution in [0.5, 0.6) is 17.2 Å². The van der Waals surface area contributed by atoms with Crippen molar-refractivity contribution in [3.8, 4) is 23.3 Å². The zero-order valence-electron chi connectivity index (χ0n) is 23.3. The first-order valence-corrected chi connectivity index (χ1v) is 13.4. The van der Waals surface area contributed by atoms with Gasteiger partial charge in [0, 0.05) is 14.1 Å². The van der Waals surface area contributed by atoms with Crippen LogP contribution in [0.1, 0.15) is 18.4 Å². The molecule has 3 N–H and O–H groups in total. The summed E-state index contributed by atoms with van der Waals surface area (Å²) in [6, 6.07) is 4.07. The van der Waals surface area contributed by atoms with Crippen LogP contribution in [0.2, 0.25) is 0 Å². The Morgan fingerprint density at radius 3 is 2.41 bits per heavy atom. The monoisotopic (exact) mass is 586 g/mol. The molecular weight excluding hydrogens is 556 g/mol. The van der Waals surface area contributed by atoms with Gasteiger partial charge in [-0.3, -0.25) is 9.69 Å². The molecule has 1 saturated heterocycles. The van der Waals surface area contributed by atoms with E-state index in [9.17, 15) is 19.6 Å². The smallest absolute Gasteiger partial charge is 0.338 e. The standard InChI is InChI=1S/C26H30N6O8S/c1-7-39-24(34)18-16(11-41-25-29-19-22(30-25)31(2)26(35)32(3)23(19)33)40-21(28)13(10-27)17(18)12-8-14(36-4)20(38-6)15(9-12)37-5/h8-9,17,19,22H,7,11,28H2,1-6H3,(H,29,30)/t17-,19+,22+/m0/s1. The molecule has 41 heavy (non-hydrogen) atoms. The number of urea groups is 1. The molecule has 3 heterocycles. The number of carbonyl (C=O) groups excluding carboxylic acids is 3. The summed E-state index contributed by atoms with van der Waals surface area (Å²) in [5, 5.41) is 13.4. The minimum absolute atomic E-state index is 0.00722. The number of aliphatic imine (C=N–C) groups is 1. The quantitative estimate of drug-likeness (QED) is 0.417. The van der Waals surface area contributed by atoms with Gasteiger partial charge in [-0.25, -0.2) is 14.6 Å². The van der Waals surface area contributed by atoms with Crippen molar-refractivity contribution in [3.05, 3.63) is 40.5 Å². The van der Waals surface area contributed by atoms with Gasteiger partial charge in [-0.1, -0.05) is 11.8 Å². The highest BCUT2D eigenvalue weighted by Gasteiger charge is 2.47. The van der Waals surface area contributed by atoms with E-state index in [1.807, 2.05) is 0 Å². The lowest BCUT2D eigenvalue weighted by molar-refractivity contribution is -0.139. The number of hydrogen-bond acceptors (Lipinski definition) is 13. The number of amidine groups is 1. The minimum Gasteiger partial charge on any atom is -0.493 e. The number of carbonyl (C=O) groups is 3. The molecule has 14 nitrogen and oxygen atoms in total. The number of benzene rings is 1. The summed E-state index contributed by atoms with van der Waals surface area (Å²) < 4.78 is 27.6. The van der Waals surface area contributed by atoms with Crippen LogP contribution in [-0.2, 0) is 19.1 Å². The molecule has 3 aliphatic rings. The van der Waals surface area contributed by atoms with E-state index in [1.165, 1.54) is 33.3 Å². The van der Waals surface area contributed by atoms with E-state index >= 15 is 0 Å². The van der Waals surface area contributed by atoms with Gasteiger partial charge in [-0.05, 0) is 24.6 Å². The number of imide groups is 1. The number of likely N-dealkylation sites (N-methyl/N-ethyl adjacent to an activating group) is 2. The molecule has 4 rings (SSSR count). The van der Waals surface area contributed by atoms with Crippen LogP contribution in [0.3, 0.4) is 0 Å². The Hall–Kier alpha value is -4.58. The molecule has 218 valence electrons. The molecular formula is C26H30N6O8S. The SMILES string of the molecule is CCOC(=O)C1=C(CSC2=N[C@H]3[C@@H](N2)C(=O)N(C)C(=O)N3C)OC(N)=C(C#N)[C@@H]1c1cc(OC)c(OC)c(OC)c1. The van der Waals surface area contributed by atoms with Crippen molar-refractivity contribution in [3.63, 3.8) is 0 Å². The van der Waals surface area contributed by atoms with Crippen LogP contribution >= 0.6 is 11.8 Å². The number of esters is 1. The van der Waals surface area contributed by atoms with E-state index < -0.39 is 36.0 Å². The van der Waals surface area contributed by atoms with E-state index in [0.29, 0.717) is 28.0 Å². The molecule has 3 amide bonds. The highest BCUT2D eigenvalue weighted by Crippen LogP contribution is 2.46. The van der Waals surface area contributed by atoms with Crippen molar-refractivity contribution >= 4 is 34.8 Å². The fourth-order valence-electron chi connectivity index (χ4n) is 4.76. The largest absolute Gasteiger partial charge is 0.493 e. The lowest BCUT2D eigenvalue weighted by Gasteiger charge is -2.36. The number of methoxy groups -OCH3 is 3. The molecule has 0 radical (unpaired) electrons. The predicted molar refractivity (Wildman–Crippen MR) is 147 cm³/mol. The van der Waals surface area contributed by atoms with Gasteiger partial charge in [-0.2, -0.15) is 5.26 Å². The summed E-state index contributed by atoms with van der Waals surface area (Å²) in [7, 11) is 7.32. The summed E-state index contributed by atoms with van der Waals surface area (Å²) >= 11 is 1.14. The van der Waals surface area contributed by atoms with Crippen molar-refractivity contribution in [2.75, 3.05) is 47.8 Å². The maximum atomic E-state index is 13.4. The molecule has 3 atom stereocenters. The van der Waals surface area contributed by atoms with Gasteiger partial charge < -0.3 is 39.6 Å². The van der Waals surface area contributed by atoms with Crippen LogP contribution in [-0.4, -0.2) is 92.9 Å². The minimum atomic E-state index is -0.989. The molecule has 3 aliphatic heterocycles. The normalized spacial score (nSPS) is 22.0. The molecule has 1 fully saturated rings. The van der Waals surface area contributed by atoms with E-state index in [-0.39, 0.29) is 35.1 Å². The zero-order chi connectivity index (χ0) is 30.0. The Kier molecular flexibility index (Phi) is 8.52. The fraction of sp³-hybridized carbons (Fsp3) is 0.423. The lowest BCUT2D eigenvalue weighted by Crippen LogP contribution is -2.63. The summed E-state index contributed by atoms with van der Waals surface area (Å²) in [5.74, 6) is -1.19. The number of rotatable bonds is 8. The van der Waals surface area contributed by atoms with Gasteiger partial charge >= 0.3 is 12.0 Å². The van der Waals surface area contributed by atoms with Gasteiger partial charge in [0.1, 0.15) is 23.4 Å². The summed E-state index contributed by atoms with van der Waals surface area (Å²) in [5.41, 5.74) is 6.69. The number of ether oxygens (including phenoxy) is 5. The third-order valence-corrected chi connectivity index (χ3v) is 7.66. The van der Waals surface area contributed by atoms with Crippen molar-refractivity contribution in [2.45, 2.75) is 25.0 Å². The summed E-state index contributed by atoms with van der Waals surface area (Å²) in [6.07, 6.45) is -0.721. The van der Waals surface area contributed by atoms with Crippen molar-refractivity contribution in [2.24, 2.45) is 10.7 Å². The Morgan fingerprint density at radius 1 is 1.20 bits per heavy atom. The average molecular weight is 587 g/mol. The van der Waals surface area contributed by atoms with Gasteiger partial charge in [-0.15, -0.1) is 0 Å². The number of nitrogens with one attached hydrogen (secondary N) is 1. The molecule has 0 bridgehead atoms. The van der Waals surface area contributed by atoms with E-state index in [2.05, 4.69) is 16.4 Å². The molecule has 0 spiro atoms. The second-order valence-corrected chi connectivity index (χ2v) is 9.95. The van der Waals surface area contributed by atoms with Crippen molar-refractivity contribution < 1.29 is 38.1 Å². The number of amides is 3.